The highest BCUT2D eigenvalue weighted by molar-refractivity contribution is 5.99. The molecule has 1 atom stereocenters. The van der Waals surface area contributed by atoms with E-state index in [1.807, 2.05) is 31.2 Å². The zero-order chi connectivity index (χ0) is 18.3. The fourth-order valence-electron chi connectivity index (χ4n) is 3.21. The number of H-pyrrole nitrogens is 1. The van der Waals surface area contributed by atoms with E-state index in [1.165, 1.54) is 0 Å². The largest absolute Gasteiger partial charge is 0.344 e. The molecular weight excluding hydrogens is 330 g/mol. The molecule has 3 aromatic rings. The van der Waals surface area contributed by atoms with Gasteiger partial charge in [-0.1, -0.05) is 30.3 Å². The second-order valence-corrected chi connectivity index (χ2v) is 6.44. The Bertz CT molecular complexity index is 1100. The monoisotopic (exact) mass is 347 g/mol. The first-order chi connectivity index (χ1) is 12.5. The molecule has 0 aliphatic carbocycles. The second kappa shape index (κ2) is 6.15. The molecule has 3 N–H and O–H groups in total. The molecule has 2 aromatic carbocycles. The zero-order valence-corrected chi connectivity index (χ0v) is 14.1. The second-order valence-electron chi connectivity index (χ2n) is 6.44. The van der Waals surface area contributed by atoms with Crippen LogP contribution in [-0.4, -0.2) is 16.8 Å². The first-order valence-electron chi connectivity index (χ1n) is 8.37. The normalized spacial score (nSPS) is 14.0. The number of carbonyl (C=O) groups is 2. The van der Waals surface area contributed by atoms with Gasteiger partial charge in [-0.25, -0.2) is 0 Å². The summed E-state index contributed by atoms with van der Waals surface area (Å²) in [5, 5.41) is 6.95. The molecule has 0 fully saturated rings. The van der Waals surface area contributed by atoms with Crippen molar-refractivity contribution in [1.82, 2.24) is 10.3 Å². The van der Waals surface area contributed by atoms with Gasteiger partial charge in [0.15, 0.2) is 0 Å². The van der Waals surface area contributed by atoms with Crippen LogP contribution in [0.4, 0.5) is 5.69 Å². The van der Waals surface area contributed by atoms with Crippen LogP contribution in [0.25, 0.3) is 10.8 Å². The molecule has 0 unspecified atom stereocenters. The minimum absolute atomic E-state index is 0.0254. The summed E-state index contributed by atoms with van der Waals surface area (Å²) in [6.07, 6.45) is 0.349. The van der Waals surface area contributed by atoms with Crippen LogP contribution in [0, 0.1) is 0 Å². The number of carbonyl (C=O) groups excluding carboxylic acids is 2. The van der Waals surface area contributed by atoms with Gasteiger partial charge in [0.05, 0.1) is 12.5 Å². The lowest BCUT2D eigenvalue weighted by molar-refractivity contribution is -0.115. The number of anilines is 1. The van der Waals surface area contributed by atoms with Crippen molar-refractivity contribution in [3.8, 4) is 0 Å². The van der Waals surface area contributed by atoms with E-state index in [9.17, 15) is 14.4 Å². The van der Waals surface area contributed by atoms with Gasteiger partial charge in [0.1, 0.15) is 5.69 Å². The van der Waals surface area contributed by atoms with Gasteiger partial charge in [-0.2, -0.15) is 0 Å². The van der Waals surface area contributed by atoms with Gasteiger partial charge in [0.2, 0.25) is 5.91 Å². The maximum absolute atomic E-state index is 12.6. The summed E-state index contributed by atoms with van der Waals surface area (Å²) < 4.78 is 0. The molecule has 4 rings (SSSR count). The molecule has 1 aliphatic heterocycles. The third kappa shape index (κ3) is 2.86. The van der Waals surface area contributed by atoms with Crippen molar-refractivity contribution in [1.29, 1.82) is 0 Å². The van der Waals surface area contributed by atoms with Crippen LogP contribution in [0.3, 0.4) is 0 Å². The van der Waals surface area contributed by atoms with Crippen molar-refractivity contribution >= 4 is 28.3 Å². The molecule has 0 saturated heterocycles. The summed E-state index contributed by atoms with van der Waals surface area (Å²) >= 11 is 0. The summed E-state index contributed by atoms with van der Waals surface area (Å²) in [4.78, 5) is 38.8. The first kappa shape index (κ1) is 16.1. The fraction of sp³-hybridized carbons (Fsp3) is 0.150. The molecule has 1 aliphatic rings. The van der Waals surface area contributed by atoms with Crippen LogP contribution in [-0.2, 0) is 11.2 Å². The van der Waals surface area contributed by atoms with Gasteiger partial charge in [0, 0.05) is 11.1 Å². The van der Waals surface area contributed by atoms with E-state index in [0.717, 1.165) is 22.2 Å². The molecule has 0 spiro atoms. The van der Waals surface area contributed by atoms with Crippen LogP contribution >= 0.6 is 0 Å². The number of rotatable bonds is 3. The average Bonchev–Trinajstić information content (AvgIpc) is 3.00. The third-order valence-electron chi connectivity index (χ3n) is 4.60. The van der Waals surface area contributed by atoms with Crippen molar-refractivity contribution in [2.75, 3.05) is 5.32 Å². The molecule has 2 heterocycles. The Kier molecular flexibility index (Phi) is 3.80. The SMILES string of the molecule is C[C@H](NC(=O)c1cc2ccccc2c(=O)[nH]1)c1ccc2c(c1)CC(=O)N2. The number of hydrogen-bond acceptors (Lipinski definition) is 3. The Balaban J connectivity index is 1.57. The minimum atomic E-state index is -0.352. The molecule has 26 heavy (non-hydrogen) atoms. The van der Waals surface area contributed by atoms with Crippen molar-refractivity contribution < 1.29 is 9.59 Å². The molecule has 1 aromatic heterocycles. The summed E-state index contributed by atoms with van der Waals surface area (Å²) in [7, 11) is 0. The van der Waals surface area contributed by atoms with Crippen molar-refractivity contribution in [3.05, 3.63) is 75.7 Å². The smallest absolute Gasteiger partial charge is 0.268 e. The molecular formula is C20H17N3O3. The number of nitrogens with one attached hydrogen (secondary N) is 3. The van der Waals surface area contributed by atoms with Gasteiger partial charge in [-0.3, -0.25) is 14.4 Å². The summed E-state index contributed by atoms with van der Waals surface area (Å²) in [6, 6.07) is 14.2. The number of fused-ring (bicyclic) bond motifs is 2. The van der Waals surface area contributed by atoms with Gasteiger partial charge >= 0.3 is 0 Å². The van der Waals surface area contributed by atoms with Crippen LogP contribution in [0.15, 0.2) is 53.3 Å². The summed E-state index contributed by atoms with van der Waals surface area (Å²) in [5.74, 6) is -0.377. The quantitative estimate of drug-likeness (QED) is 0.680. The Labute approximate surface area is 149 Å². The zero-order valence-electron chi connectivity index (χ0n) is 14.1. The molecule has 6 heteroatoms. The standard InChI is InChI=1S/C20H17N3O3/c1-11(12-6-7-16-14(8-12)10-18(24)22-16)21-20(26)17-9-13-4-2-3-5-15(13)19(25)23-17/h2-9,11H,10H2,1H3,(H,21,26)(H,22,24)(H,23,25)/t11-/m0/s1. The van der Waals surface area contributed by atoms with Crippen LogP contribution in [0.2, 0.25) is 0 Å². The third-order valence-corrected chi connectivity index (χ3v) is 4.60. The molecule has 130 valence electrons. The number of pyridine rings is 1. The number of aromatic nitrogens is 1. The van der Waals surface area contributed by atoms with E-state index in [-0.39, 0.29) is 29.1 Å². The predicted octanol–water partition coefficient (Wildman–Crippen LogP) is 2.51. The van der Waals surface area contributed by atoms with Crippen molar-refractivity contribution in [3.63, 3.8) is 0 Å². The highest BCUT2D eigenvalue weighted by Crippen LogP contribution is 2.26. The highest BCUT2D eigenvalue weighted by atomic mass is 16.2. The van der Waals surface area contributed by atoms with Gasteiger partial charge in [-0.15, -0.1) is 0 Å². The lowest BCUT2D eigenvalue weighted by Crippen LogP contribution is -2.29. The summed E-state index contributed by atoms with van der Waals surface area (Å²) in [5.41, 5.74) is 2.57. The van der Waals surface area contributed by atoms with Crippen LogP contribution < -0.4 is 16.2 Å². The molecule has 0 radical (unpaired) electrons. The Morgan fingerprint density at radius 1 is 1.12 bits per heavy atom. The van der Waals surface area contributed by atoms with E-state index in [0.29, 0.717) is 11.8 Å². The van der Waals surface area contributed by atoms with E-state index >= 15 is 0 Å². The lowest BCUT2D eigenvalue weighted by atomic mass is 10.0. The predicted molar refractivity (Wildman–Crippen MR) is 99.2 cm³/mol. The van der Waals surface area contributed by atoms with E-state index in [4.69, 9.17) is 0 Å². The van der Waals surface area contributed by atoms with E-state index < -0.39 is 0 Å². The Morgan fingerprint density at radius 3 is 2.77 bits per heavy atom. The Hall–Kier alpha value is -3.41. The maximum Gasteiger partial charge on any atom is 0.268 e. The van der Waals surface area contributed by atoms with Crippen molar-refractivity contribution in [2.45, 2.75) is 19.4 Å². The number of benzene rings is 2. The minimum Gasteiger partial charge on any atom is -0.344 e. The number of aromatic amines is 1. The number of hydrogen-bond donors (Lipinski definition) is 3. The average molecular weight is 347 g/mol. The highest BCUT2D eigenvalue weighted by Gasteiger charge is 2.20. The van der Waals surface area contributed by atoms with Crippen LogP contribution in [0.5, 0.6) is 0 Å². The first-order valence-corrected chi connectivity index (χ1v) is 8.37. The fourth-order valence-corrected chi connectivity index (χ4v) is 3.21. The summed E-state index contributed by atoms with van der Waals surface area (Å²) in [6.45, 7) is 1.86. The van der Waals surface area contributed by atoms with Gasteiger partial charge in [0.25, 0.3) is 11.5 Å². The lowest BCUT2D eigenvalue weighted by Gasteiger charge is -2.15. The van der Waals surface area contributed by atoms with E-state index in [2.05, 4.69) is 15.6 Å². The van der Waals surface area contributed by atoms with Gasteiger partial charge in [-0.05, 0) is 41.6 Å². The molecule has 0 saturated carbocycles. The van der Waals surface area contributed by atoms with Gasteiger partial charge < -0.3 is 15.6 Å². The molecule has 2 amide bonds. The van der Waals surface area contributed by atoms with E-state index in [1.54, 1.807) is 24.3 Å². The van der Waals surface area contributed by atoms with Crippen LogP contribution in [0.1, 0.15) is 34.6 Å². The number of amides is 2. The Morgan fingerprint density at radius 2 is 1.92 bits per heavy atom. The molecule has 6 nitrogen and oxygen atoms in total. The maximum atomic E-state index is 12.6. The van der Waals surface area contributed by atoms with Crippen molar-refractivity contribution in [2.24, 2.45) is 0 Å². The topological polar surface area (TPSA) is 91.1 Å². The molecule has 0 bridgehead atoms.